The van der Waals surface area contributed by atoms with Crippen molar-refractivity contribution in [3.63, 3.8) is 0 Å². The summed E-state index contributed by atoms with van der Waals surface area (Å²) in [5, 5.41) is 9.37. The number of phenolic OH excluding ortho intramolecular Hbond substituents is 1. The van der Waals surface area contributed by atoms with Crippen LogP contribution >= 0.6 is 0 Å². The van der Waals surface area contributed by atoms with E-state index >= 15 is 0 Å². The zero-order chi connectivity index (χ0) is 26.8. The number of esters is 1. The molecule has 7 nitrogen and oxygen atoms in total. The average molecular weight is 488 g/mol. The monoisotopic (exact) mass is 487 g/mol. The van der Waals surface area contributed by atoms with Crippen LogP contribution in [0.2, 0.25) is 0 Å². The number of carbonyl (C=O) groups excluding carboxylic acids is 4. The first-order chi connectivity index (χ1) is 16.1. The van der Waals surface area contributed by atoms with Gasteiger partial charge in [0.15, 0.2) is 0 Å². The van der Waals surface area contributed by atoms with E-state index < -0.39 is 17.4 Å². The number of rotatable bonds is 7. The van der Waals surface area contributed by atoms with Gasteiger partial charge in [-0.3, -0.25) is 4.79 Å². The van der Waals surface area contributed by atoms with E-state index in [2.05, 4.69) is 0 Å². The van der Waals surface area contributed by atoms with Gasteiger partial charge >= 0.3 is 12.1 Å². The van der Waals surface area contributed by atoms with Crippen LogP contribution in [0.4, 0.5) is 4.39 Å². The maximum absolute atomic E-state index is 14.0. The van der Waals surface area contributed by atoms with Gasteiger partial charge in [0.2, 0.25) is 5.91 Å². The van der Waals surface area contributed by atoms with E-state index in [0.29, 0.717) is 24.2 Å². The van der Waals surface area contributed by atoms with Crippen molar-refractivity contribution in [2.75, 3.05) is 6.54 Å². The molecule has 0 unspecified atom stereocenters. The van der Waals surface area contributed by atoms with Gasteiger partial charge in [0.1, 0.15) is 17.2 Å². The number of carbonyl (C=O) groups is 2. The third kappa shape index (κ3) is 11.5. The summed E-state index contributed by atoms with van der Waals surface area (Å²) in [6.45, 7) is 12.4. The molecular formula is C27H34FNO6. The Morgan fingerprint density at radius 3 is 2.20 bits per heavy atom. The summed E-state index contributed by atoms with van der Waals surface area (Å²) in [5.74, 6) is -1.17. The zero-order valence-electron chi connectivity index (χ0n) is 21.2. The lowest BCUT2D eigenvalue weighted by molar-refractivity contribution is -0.191. The molecule has 1 amide bonds. The summed E-state index contributed by atoms with van der Waals surface area (Å²) in [6, 6.07) is 11.1. The highest BCUT2D eigenvalue weighted by Crippen LogP contribution is 2.21. The molecule has 8 heteroatoms. The highest BCUT2D eigenvalue weighted by molar-refractivity contribution is 5.89. The number of hydrogen-bond donors (Lipinski definition) is 1. The second kappa shape index (κ2) is 12.8. The molecule has 0 spiro atoms. The predicted molar refractivity (Wildman–Crippen MR) is 128 cm³/mol. The largest absolute Gasteiger partial charge is 0.508 e. The quantitative estimate of drug-likeness (QED) is 0.557. The lowest BCUT2D eigenvalue weighted by Gasteiger charge is -2.30. The van der Waals surface area contributed by atoms with Gasteiger partial charge in [-0.15, -0.1) is 0 Å². The van der Waals surface area contributed by atoms with Gasteiger partial charge < -0.3 is 14.7 Å². The number of aryl methyl sites for hydroxylation is 1. The molecule has 0 aliphatic rings. The number of phenols is 1. The minimum absolute atomic E-state index is 0.102. The fourth-order valence-electron chi connectivity index (χ4n) is 3.30. The number of hydrogen-bond acceptors (Lipinski definition) is 6. The summed E-state index contributed by atoms with van der Waals surface area (Å²) in [5.41, 5.74) is 0.917. The van der Waals surface area contributed by atoms with Gasteiger partial charge in [0, 0.05) is 25.6 Å². The van der Waals surface area contributed by atoms with Crippen molar-refractivity contribution in [2.45, 2.75) is 66.5 Å². The van der Waals surface area contributed by atoms with Crippen LogP contribution < -0.4 is 0 Å². The van der Waals surface area contributed by atoms with E-state index in [0.717, 1.165) is 11.6 Å². The molecule has 190 valence electrons. The summed E-state index contributed by atoms with van der Waals surface area (Å²) in [7, 11) is 0. The van der Waals surface area contributed by atoms with E-state index in [4.69, 9.17) is 14.3 Å². The van der Waals surface area contributed by atoms with Crippen LogP contribution in [0.1, 0.15) is 69.4 Å². The summed E-state index contributed by atoms with van der Waals surface area (Å²) < 4.78 is 19.5. The highest BCUT2D eigenvalue weighted by atomic mass is 19.1. The Bertz CT molecular complexity index is 1050. The maximum atomic E-state index is 14.0. The first-order valence-corrected chi connectivity index (χ1v) is 11.2. The molecule has 0 saturated carbocycles. The Morgan fingerprint density at radius 1 is 1.03 bits per heavy atom. The molecule has 0 fully saturated rings. The van der Waals surface area contributed by atoms with Crippen LogP contribution in [0.15, 0.2) is 42.5 Å². The Labute approximate surface area is 205 Å². The molecule has 2 aromatic rings. The zero-order valence-corrected chi connectivity index (χ0v) is 21.2. The Hall–Kier alpha value is -3.51. The molecule has 2 rings (SSSR count). The molecule has 35 heavy (non-hydrogen) atoms. The van der Waals surface area contributed by atoms with Gasteiger partial charge in [-0.25, -0.2) is 9.18 Å². The molecule has 0 bridgehead atoms. The lowest BCUT2D eigenvalue weighted by atomic mass is 9.95. The Balaban J connectivity index is 0.00000194. The number of nitrogens with zero attached hydrogens (tertiary/aromatic N) is 1. The molecule has 0 radical (unpaired) electrons. The maximum Gasteiger partial charge on any atom is 0.373 e. The molecule has 0 saturated heterocycles. The van der Waals surface area contributed by atoms with E-state index in [1.54, 1.807) is 23.1 Å². The number of halogens is 1. The van der Waals surface area contributed by atoms with Crippen LogP contribution in [0.3, 0.4) is 0 Å². The highest BCUT2D eigenvalue weighted by Gasteiger charge is 2.23. The van der Waals surface area contributed by atoms with Gasteiger partial charge in [-0.2, -0.15) is 9.59 Å². The number of amides is 1. The van der Waals surface area contributed by atoms with Crippen molar-refractivity contribution >= 4 is 18.0 Å². The number of ether oxygens (including phenoxy) is 1. The van der Waals surface area contributed by atoms with Crippen molar-refractivity contribution in [1.29, 1.82) is 0 Å². The SMILES string of the molecule is CC(C)(C)CN(Cc1cccc(C(=O)OC(C)(C)C)c1)C(=O)CCc1ccc(O)cc1F.O=C=O. The van der Waals surface area contributed by atoms with Crippen LogP contribution in [0, 0.1) is 11.2 Å². The van der Waals surface area contributed by atoms with Crippen LogP contribution in [-0.4, -0.2) is 40.2 Å². The average Bonchev–Trinajstić information content (AvgIpc) is 2.71. The summed E-state index contributed by atoms with van der Waals surface area (Å²) >= 11 is 0. The fraction of sp³-hybridized carbons (Fsp3) is 0.444. The first-order valence-electron chi connectivity index (χ1n) is 11.2. The van der Waals surface area contributed by atoms with Crippen molar-refractivity contribution in [3.8, 4) is 5.75 Å². The third-order valence-electron chi connectivity index (χ3n) is 4.60. The lowest BCUT2D eigenvalue weighted by Crippen LogP contribution is -2.37. The standard InChI is InChI=1S/C26H34FNO4.CO2/c1-25(2,3)17-28(23(30)13-11-19-10-12-21(29)15-22(19)27)16-18-8-7-9-20(14-18)24(31)32-26(4,5)6;2-1-3/h7-10,12,14-15,29H,11,13,16-17H2,1-6H3;. The minimum atomic E-state index is -0.592. The molecule has 1 N–H and O–H groups in total. The second-order valence-electron chi connectivity index (χ2n) is 10.4. The van der Waals surface area contributed by atoms with Crippen LogP contribution in [0.25, 0.3) is 0 Å². The van der Waals surface area contributed by atoms with E-state index in [9.17, 15) is 19.1 Å². The normalized spacial score (nSPS) is 11.1. The Kier molecular flexibility index (Phi) is 10.8. The second-order valence-corrected chi connectivity index (χ2v) is 10.4. The topological polar surface area (TPSA) is 101 Å². The Morgan fingerprint density at radius 2 is 1.66 bits per heavy atom. The van der Waals surface area contributed by atoms with Crippen molar-refractivity contribution < 1.29 is 33.4 Å². The van der Waals surface area contributed by atoms with Gasteiger partial charge in [0.05, 0.1) is 5.56 Å². The summed E-state index contributed by atoms with van der Waals surface area (Å²) in [6.07, 6.45) is 0.632. The first kappa shape index (κ1) is 29.5. The van der Waals surface area contributed by atoms with Crippen molar-refractivity contribution in [1.82, 2.24) is 4.90 Å². The molecule has 0 aromatic heterocycles. The van der Waals surface area contributed by atoms with Crippen molar-refractivity contribution in [3.05, 3.63) is 65.0 Å². The number of benzene rings is 2. The molecule has 0 aliphatic heterocycles. The molecular weight excluding hydrogens is 453 g/mol. The van der Waals surface area contributed by atoms with E-state index in [1.807, 2.05) is 47.6 Å². The molecule has 0 atom stereocenters. The van der Waals surface area contributed by atoms with Crippen LogP contribution in [-0.2, 0) is 32.1 Å². The van der Waals surface area contributed by atoms with Gasteiger partial charge in [0.25, 0.3) is 0 Å². The third-order valence-corrected chi connectivity index (χ3v) is 4.60. The predicted octanol–water partition coefficient (Wildman–Crippen LogP) is 4.91. The molecule has 2 aromatic carbocycles. The van der Waals surface area contributed by atoms with Crippen molar-refractivity contribution in [2.24, 2.45) is 5.41 Å². The number of aromatic hydroxyl groups is 1. The van der Waals surface area contributed by atoms with Crippen LogP contribution in [0.5, 0.6) is 5.75 Å². The van der Waals surface area contributed by atoms with Gasteiger partial charge in [-0.05, 0) is 61.9 Å². The smallest absolute Gasteiger partial charge is 0.373 e. The molecule has 0 aliphatic carbocycles. The van der Waals surface area contributed by atoms with Gasteiger partial charge in [-0.1, -0.05) is 39.0 Å². The molecule has 0 heterocycles. The van der Waals surface area contributed by atoms with E-state index in [1.165, 1.54) is 12.1 Å². The van der Waals surface area contributed by atoms with E-state index in [-0.39, 0.29) is 36.1 Å². The minimum Gasteiger partial charge on any atom is -0.508 e. The fourth-order valence-corrected chi connectivity index (χ4v) is 3.30. The summed E-state index contributed by atoms with van der Waals surface area (Å²) in [4.78, 5) is 43.5.